The van der Waals surface area contributed by atoms with E-state index in [2.05, 4.69) is 19.1 Å². The van der Waals surface area contributed by atoms with Crippen molar-refractivity contribution in [2.24, 2.45) is 0 Å². The molecule has 1 aliphatic heterocycles. The van der Waals surface area contributed by atoms with Crippen molar-refractivity contribution in [3.63, 3.8) is 0 Å². The Morgan fingerprint density at radius 3 is 2.68 bits per heavy atom. The molecule has 2 heterocycles. The van der Waals surface area contributed by atoms with Gasteiger partial charge in [0.15, 0.2) is 5.16 Å². The van der Waals surface area contributed by atoms with E-state index in [-0.39, 0.29) is 11.5 Å². The van der Waals surface area contributed by atoms with Crippen LogP contribution < -0.4 is 5.56 Å². The van der Waals surface area contributed by atoms with Crippen LogP contribution in [0.15, 0.2) is 64.5 Å². The maximum Gasteiger partial charge on any atom is 0.262 e. The largest absolute Gasteiger partial charge is 0.339 e. The molecule has 0 bridgehead atoms. The topological polar surface area (TPSA) is 55.2 Å². The van der Waals surface area contributed by atoms with Crippen LogP contribution in [0.1, 0.15) is 38.2 Å². The third-order valence-corrected chi connectivity index (χ3v) is 6.93. The van der Waals surface area contributed by atoms with Crippen molar-refractivity contribution in [1.82, 2.24) is 14.5 Å². The molecule has 1 atom stereocenters. The number of carbonyl (C=O) groups is 1. The van der Waals surface area contributed by atoms with Crippen LogP contribution in [0.25, 0.3) is 10.9 Å². The molecule has 1 amide bonds. The summed E-state index contributed by atoms with van der Waals surface area (Å²) in [7, 11) is 0. The predicted molar refractivity (Wildman–Crippen MR) is 127 cm³/mol. The van der Waals surface area contributed by atoms with E-state index in [1.807, 2.05) is 47.4 Å². The molecule has 0 aliphatic carbocycles. The highest BCUT2D eigenvalue weighted by Gasteiger charge is 2.23. The molecular formula is C25H29N3O2S. The van der Waals surface area contributed by atoms with E-state index in [0.29, 0.717) is 34.4 Å². The van der Waals surface area contributed by atoms with Gasteiger partial charge < -0.3 is 4.90 Å². The number of piperidine rings is 1. The van der Waals surface area contributed by atoms with Crippen molar-refractivity contribution < 1.29 is 4.79 Å². The van der Waals surface area contributed by atoms with Gasteiger partial charge >= 0.3 is 0 Å². The Bertz CT molecular complexity index is 1100. The summed E-state index contributed by atoms with van der Waals surface area (Å²) < 4.78 is 1.75. The first-order chi connectivity index (χ1) is 15.1. The van der Waals surface area contributed by atoms with Crippen LogP contribution in [0.4, 0.5) is 0 Å². The van der Waals surface area contributed by atoms with Gasteiger partial charge in [-0.2, -0.15) is 0 Å². The number of carbonyl (C=O) groups excluding carboxylic acids is 1. The fourth-order valence-corrected chi connectivity index (χ4v) is 5.13. The lowest BCUT2D eigenvalue weighted by molar-refractivity contribution is -0.131. The second-order valence-corrected chi connectivity index (χ2v) is 9.12. The van der Waals surface area contributed by atoms with Crippen molar-refractivity contribution >= 4 is 28.6 Å². The summed E-state index contributed by atoms with van der Waals surface area (Å²) in [4.78, 5) is 32.8. The number of aromatic nitrogens is 2. The molecule has 162 valence electrons. The van der Waals surface area contributed by atoms with Crippen molar-refractivity contribution in [2.45, 2.75) is 56.8 Å². The van der Waals surface area contributed by atoms with Crippen molar-refractivity contribution in [1.29, 1.82) is 0 Å². The van der Waals surface area contributed by atoms with Gasteiger partial charge in [-0.25, -0.2) is 4.98 Å². The lowest BCUT2D eigenvalue weighted by Gasteiger charge is -2.33. The minimum Gasteiger partial charge on any atom is -0.339 e. The van der Waals surface area contributed by atoms with Gasteiger partial charge in [0, 0.05) is 19.1 Å². The summed E-state index contributed by atoms with van der Waals surface area (Å²) in [6.45, 7) is 3.54. The summed E-state index contributed by atoms with van der Waals surface area (Å²) in [6, 6.07) is 18.0. The molecule has 6 heteroatoms. The summed E-state index contributed by atoms with van der Waals surface area (Å²) >= 11 is 1.39. The smallest absolute Gasteiger partial charge is 0.262 e. The number of hydrogen-bond acceptors (Lipinski definition) is 4. The second kappa shape index (κ2) is 10.1. The lowest BCUT2D eigenvalue weighted by Crippen LogP contribution is -2.43. The maximum atomic E-state index is 13.2. The molecule has 1 unspecified atom stereocenters. The normalized spacial score (nSPS) is 16.5. The van der Waals surface area contributed by atoms with Gasteiger partial charge in [-0.05, 0) is 56.7 Å². The number of para-hydroxylation sites is 1. The second-order valence-electron chi connectivity index (χ2n) is 8.18. The van der Waals surface area contributed by atoms with Gasteiger partial charge in [-0.15, -0.1) is 0 Å². The Kier molecular flexibility index (Phi) is 7.07. The molecule has 1 aliphatic rings. The van der Waals surface area contributed by atoms with Gasteiger partial charge in [-0.3, -0.25) is 14.2 Å². The fraction of sp³-hybridized carbons (Fsp3) is 0.400. The number of fused-ring (bicyclic) bond motifs is 1. The van der Waals surface area contributed by atoms with Gasteiger partial charge in [0.1, 0.15) is 0 Å². The molecule has 3 aromatic rings. The van der Waals surface area contributed by atoms with E-state index in [9.17, 15) is 9.59 Å². The van der Waals surface area contributed by atoms with Crippen LogP contribution in [0.2, 0.25) is 0 Å². The number of amides is 1. The predicted octanol–water partition coefficient (Wildman–Crippen LogP) is 4.52. The number of aryl methyl sites for hydroxylation is 1. The van der Waals surface area contributed by atoms with Crippen molar-refractivity contribution in [2.75, 3.05) is 12.3 Å². The standard InChI is InChI=1S/C25H29N3O2S/c1-19-10-7-8-16-27(19)23(29)18-31-25-26-22-15-6-5-14-21(22)24(30)28(25)17-9-13-20-11-3-2-4-12-20/h2-6,11-12,14-15,19H,7-10,13,16-18H2,1H3. The highest BCUT2D eigenvalue weighted by atomic mass is 32.2. The fourth-order valence-electron chi connectivity index (χ4n) is 4.22. The molecule has 0 N–H and O–H groups in total. The highest BCUT2D eigenvalue weighted by molar-refractivity contribution is 7.99. The zero-order chi connectivity index (χ0) is 21.6. The van der Waals surface area contributed by atoms with Crippen molar-refractivity contribution in [3.8, 4) is 0 Å². The molecule has 1 saturated heterocycles. The Morgan fingerprint density at radius 1 is 1.10 bits per heavy atom. The third kappa shape index (κ3) is 5.18. The van der Waals surface area contributed by atoms with Gasteiger partial charge in [0.25, 0.3) is 5.56 Å². The number of nitrogens with zero attached hydrogens (tertiary/aromatic N) is 3. The molecule has 2 aromatic carbocycles. The highest BCUT2D eigenvalue weighted by Crippen LogP contribution is 2.22. The van der Waals surface area contributed by atoms with E-state index in [1.54, 1.807) is 4.57 Å². The van der Waals surface area contributed by atoms with E-state index >= 15 is 0 Å². The molecule has 4 rings (SSSR count). The van der Waals surface area contributed by atoms with Crippen LogP contribution in [0.3, 0.4) is 0 Å². The summed E-state index contributed by atoms with van der Waals surface area (Å²) in [5.74, 6) is 0.448. The average Bonchev–Trinajstić information content (AvgIpc) is 2.80. The number of benzene rings is 2. The molecule has 5 nitrogen and oxygen atoms in total. The molecule has 1 aromatic heterocycles. The zero-order valence-electron chi connectivity index (χ0n) is 18.0. The SMILES string of the molecule is CC1CCCCN1C(=O)CSc1nc2ccccc2c(=O)n1CCCc1ccccc1. The van der Waals surface area contributed by atoms with Gasteiger partial charge in [0.2, 0.25) is 5.91 Å². The quantitative estimate of drug-likeness (QED) is 0.404. The molecule has 0 saturated carbocycles. The number of thioether (sulfide) groups is 1. The molecule has 0 spiro atoms. The van der Waals surface area contributed by atoms with Gasteiger partial charge in [-0.1, -0.05) is 54.2 Å². The number of rotatable bonds is 7. The van der Waals surface area contributed by atoms with Crippen LogP contribution in [-0.4, -0.2) is 38.7 Å². The minimum atomic E-state index is -0.0278. The van der Waals surface area contributed by atoms with Gasteiger partial charge in [0.05, 0.1) is 16.7 Å². The molecule has 1 fully saturated rings. The van der Waals surface area contributed by atoms with E-state index < -0.39 is 0 Å². The Labute approximate surface area is 187 Å². The van der Waals surface area contributed by atoms with E-state index in [0.717, 1.165) is 32.2 Å². The van der Waals surface area contributed by atoms with E-state index in [4.69, 9.17) is 4.98 Å². The monoisotopic (exact) mass is 435 g/mol. The summed E-state index contributed by atoms with van der Waals surface area (Å²) in [5, 5.41) is 1.26. The van der Waals surface area contributed by atoms with Crippen LogP contribution in [-0.2, 0) is 17.8 Å². The molecule has 31 heavy (non-hydrogen) atoms. The zero-order valence-corrected chi connectivity index (χ0v) is 18.8. The Balaban J connectivity index is 1.53. The van der Waals surface area contributed by atoms with E-state index in [1.165, 1.54) is 23.7 Å². The average molecular weight is 436 g/mol. The van der Waals surface area contributed by atoms with Crippen LogP contribution in [0.5, 0.6) is 0 Å². The molecular weight excluding hydrogens is 406 g/mol. The van der Waals surface area contributed by atoms with Crippen LogP contribution >= 0.6 is 11.8 Å². The Morgan fingerprint density at radius 2 is 1.87 bits per heavy atom. The first-order valence-electron chi connectivity index (χ1n) is 11.1. The first-order valence-corrected chi connectivity index (χ1v) is 12.1. The Hall–Kier alpha value is -2.60. The lowest BCUT2D eigenvalue weighted by atomic mass is 10.0. The number of likely N-dealkylation sites (tertiary alicyclic amines) is 1. The number of hydrogen-bond donors (Lipinski definition) is 0. The summed E-state index contributed by atoms with van der Waals surface area (Å²) in [5.41, 5.74) is 1.92. The van der Waals surface area contributed by atoms with Crippen LogP contribution in [0, 0.1) is 0 Å². The molecule has 0 radical (unpaired) electrons. The van der Waals surface area contributed by atoms with Crippen molar-refractivity contribution in [3.05, 3.63) is 70.5 Å². The minimum absolute atomic E-state index is 0.0278. The maximum absolute atomic E-state index is 13.2. The first kappa shape index (κ1) is 21.6. The third-order valence-electron chi connectivity index (χ3n) is 5.96. The summed E-state index contributed by atoms with van der Waals surface area (Å²) in [6.07, 6.45) is 5.06.